The van der Waals surface area contributed by atoms with Crippen molar-refractivity contribution in [1.29, 1.82) is 0 Å². The highest BCUT2D eigenvalue weighted by Gasteiger charge is 2.35. The van der Waals surface area contributed by atoms with E-state index in [1.165, 1.54) is 0 Å². The van der Waals surface area contributed by atoms with Gasteiger partial charge in [-0.3, -0.25) is 9.59 Å². The first-order valence-electron chi connectivity index (χ1n) is 8.02. The summed E-state index contributed by atoms with van der Waals surface area (Å²) in [5.41, 5.74) is 5.29. The van der Waals surface area contributed by atoms with Crippen molar-refractivity contribution in [2.45, 2.75) is 19.3 Å². The molecule has 130 valence electrons. The highest BCUT2D eigenvalue weighted by atomic mass is 16.5. The largest absolute Gasteiger partial charge is 0.484 e. The number of aliphatic hydroxyl groups is 1. The molecule has 0 radical (unpaired) electrons. The molecule has 2 rings (SSSR count). The van der Waals surface area contributed by atoms with Crippen molar-refractivity contribution >= 4 is 11.8 Å². The summed E-state index contributed by atoms with van der Waals surface area (Å²) in [6.45, 7) is 4.80. The van der Waals surface area contributed by atoms with E-state index < -0.39 is 5.91 Å². The maximum atomic E-state index is 12.7. The molecule has 0 saturated carbocycles. The zero-order valence-corrected chi connectivity index (χ0v) is 13.7. The molecule has 6 heteroatoms. The van der Waals surface area contributed by atoms with Gasteiger partial charge in [-0.2, -0.15) is 0 Å². The van der Waals surface area contributed by atoms with Crippen molar-refractivity contribution in [3.8, 4) is 5.75 Å². The van der Waals surface area contributed by atoms with Crippen LogP contribution in [0.4, 0.5) is 0 Å². The fourth-order valence-corrected chi connectivity index (χ4v) is 3.08. The molecule has 1 saturated heterocycles. The molecule has 0 bridgehead atoms. The molecule has 1 unspecified atom stereocenters. The number of hydrogen-bond acceptors (Lipinski definition) is 4. The van der Waals surface area contributed by atoms with Crippen molar-refractivity contribution in [3.63, 3.8) is 0 Å². The van der Waals surface area contributed by atoms with Gasteiger partial charge in [-0.1, -0.05) is 6.08 Å². The summed E-state index contributed by atoms with van der Waals surface area (Å²) in [6, 6.07) is 6.62. The van der Waals surface area contributed by atoms with E-state index in [1.807, 2.05) is 0 Å². The number of carbonyl (C=O) groups is 2. The van der Waals surface area contributed by atoms with E-state index in [-0.39, 0.29) is 24.5 Å². The molecule has 3 N–H and O–H groups in total. The molecule has 1 aliphatic heterocycles. The third kappa shape index (κ3) is 4.35. The monoisotopic (exact) mass is 332 g/mol. The Morgan fingerprint density at radius 2 is 2.08 bits per heavy atom. The molecule has 6 nitrogen and oxygen atoms in total. The Morgan fingerprint density at radius 1 is 1.38 bits per heavy atom. The van der Waals surface area contributed by atoms with Crippen molar-refractivity contribution < 1.29 is 19.4 Å². The predicted molar refractivity (Wildman–Crippen MR) is 90.6 cm³/mol. The second kappa shape index (κ2) is 7.97. The number of rotatable bonds is 7. The fraction of sp³-hybridized carbons (Fsp3) is 0.444. The molecule has 0 aliphatic carbocycles. The first-order valence-corrected chi connectivity index (χ1v) is 8.02. The Morgan fingerprint density at radius 3 is 2.67 bits per heavy atom. The highest BCUT2D eigenvalue weighted by molar-refractivity contribution is 5.94. The molecule has 1 atom stereocenters. The molecular formula is C18H24N2O4. The van der Waals surface area contributed by atoms with E-state index in [4.69, 9.17) is 10.5 Å². The minimum atomic E-state index is -0.550. The lowest BCUT2D eigenvalue weighted by Crippen LogP contribution is -2.47. The lowest BCUT2D eigenvalue weighted by molar-refractivity contribution is -0.119. The molecule has 1 aromatic rings. The van der Waals surface area contributed by atoms with Crippen LogP contribution in [0.1, 0.15) is 29.6 Å². The van der Waals surface area contributed by atoms with Crippen molar-refractivity contribution in [1.82, 2.24) is 4.90 Å². The van der Waals surface area contributed by atoms with Gasteiger partial charge in [0.25, 0.3) is 11.8 Å². The molecule has 1 aromatic carbocycles. The standard InChI is InChI=1S/C18H24N2O4/c1-2-8-18(13-21)9-3-10-20(12-18)17(23)14-4-6-15(7-5-14)24-11-16(19)22/h2,4-7,21H,1,3,8-13H2,(H2,19,22). The molecule has 1 fully saturated rings. The van der Waals surface area contributed by atoms with Crippen molar-refractivity contribution in [2.24, 2.45) is 11.1 Å². The van der Waals surface area contributed by atoms with Gasteiger partial charge in [-0.05, 0) is 43.5 Å². The topological polar surface area (TPSA) is 92.9 Å². The Labute approximate surface area is 141 Å². The number of carbonyl (C=O) groups excluding carboxylic acids is 2. The van der Waals surface area contributed by atoms with Gasteiger partial charge in [-0.15, -0.1) is 6.58 Å². The summed E-state index contributed by atoms with van der Waals surface area (Å²) in [7, 11) is 0. The summed E-state index contributed by atoms with van der Waals surface area (Å²) in [4.78, 5) is 25.2. The summed E-state index contributed by atoms with van der Waals surface area (Å²) in [5.74, 6) is -0.135. The molecular weight excluding hydrogens is 308 g/mol. The number of allylic oxidation sites excluding steroid dienone is 1. The number of benzene rings is 1. The van der Waals surface area contributed by atoms with Gasteiger partial charge in [0.15, 0.2) is 6.61 Å². The lowest BCUT2D eigenvalue weighted by Gasteiger charge is -2.41. The number of nitrogens with two attached hydrogens (primary N) is 1. The van der Waals surface area contributed by atoms with Gasteiger partial charge in [0, 0.05) is 24.1 Å². The zero-order valence-electron chi connectivity index (χ0n) is 13.7. The smallest absolute Gasteiger partial charge is 0.255 e. The third-order valence-corrected chi connectivity index (χ3v) is 4.34. The average Bonchev–Trinajstić information content (AvgIpc) is 2.60. The van der Waals surface area contributed by atoms with Crippen LogP contribution in [0.3, 0.4) is 0 Å². The quantitative estimate of drug-likeness (QED) is 0.737. The van der Waals surface area contributed by atoms with Gasteiger partial charge < -0.3 is 20.5 Å². The lowest BCUT2D eigenvalue weighted by atomic mass is 9.77. The Hall–Kier alpha value is -2.34. The maximum Gasteiger partial charge on any atom is 0.255 e. The summed E-state index contributed by atoms with van der Waals surface area (Å²) < 4.78 is 5.19. The van der Waals surface area contributed by atoms with E-state index in [0.717, 1.165) is 12.8 Å². The SMILES string of the molecule is C=CCC1(CO)CCCN(C(=O)c2ccc(OCC(N)=O)cc2)C1. The second-order valence-electron chi connectivity index (χ2n) is 6.26. The molecule has 1 aliphatic rings. The number of primary amides is 1. The minimum Gasteiger partial charge on any atom is -0.484 e. The van der Waals surface area contributed by atoms with Crippen LogP contribution >= 0.6 is 0 Å². The van der Waals surface area contributed by atoms with Crippen LogP contribution in [0.5, 0.6) is 5.75 Å². The van der Waals surface area contributed by atoms with Crippen molar-refractivity contribution in [3.05, 3.63) is 42.5 Å². The van der Waals surface area contributed by atoms with E-state index in [1.54, 1.807) is 35.2 Å². The molecule has 2 amide bonds. The fourth-order valence-electron chi connectivity index (χ4n) is 3.08. The number of piperidine rings is 1. The maximum absolute atomic E-state index is 12.7. The molecule has 24 heavy (non-hydrogen) atoms. The van der Waals surface area contributed by atoms with Crippen LogP contribution < -0.4 is 10.5 Å². The normalized spacial score (nSPS) is 20.5. The minimum absolute atomic E-state index is 0.0443. The van der Waals surface area contributed by atoms with E-state index >= 15 is 0 Å². The second-order valence-corrected chi connectivity index (χ2v) is 6.26. The molecule has 0 aromatic heterocycles. The Balaban J connectivity index is 2.05. The highest BCUT2D eigenvalue weighted by Crippen LogP contribution is 2.34. The Kier molecular flexibility index (Phi) is 5.98. The number of nitrogens with zero attached hydrogens (tertiary/aromatic N) is 1. The number of likely N-dealkylation sites (tertiary alicyclic amines) is 1. The first kappa shape index (κ1) is 18.0. The van der Waals surface area contributed by atoms with Gasteiger partial charge in [0.05, 0.1) is 6.61 Å². The number of amides is 2. The van der Waals surface area contributed by atoms with Crippen LogP contribution in [0, 0.1) is 5.41 Å². The van der Waals surface area contributed by atoms with Crippen LogP contribution in [-0.2, 0) is 4.79 Å². The zero-order chi connectivity index (χ0) is 17.6. The number of hydrogen-bond donors (Lipinski definition) is 2. The van der Waals surface area contributed by atoms with Gasteiger partial charge >= 0.3 is 0 Å². The van der Waals surface area contributed by atoms with Crippen LogP contribution in [0.2, 0.25) is 0 Å². The third-order valence-electron chi connectivity index (χ3n) is 4.34. The molecule has 1 heterocycles. The Bertz CT molecular complexity index is 600. The van der Waals surface area contributed by atoms with Gasteiger partial charge in [0.1, 0.15) is 5.75 Å². The summed E-state index contributed by atoms with van der Waals surface area (Å²) >= 11 is 0. The first-order chi connectivity index (χ1) is 11.5. The summed E-state index contributed by atoms with van der Waals surface area (Å²) in [6.07, 6.45) is 4.24. The van der Waals surface area contributed by atoms with Crippen LogP contribution in [0.15, 0.2) is 36.9 Å². The van der Waals surface area contributed by atoms with E-state index in [2.05, 4.69) is 6.58 Å². The predicted octanol–water partition coefficient (Wildman–Crippen LogP) is 1.34. The molecule has 0 spiro atoms. The average molecular weight is 332 g/mol. The van der Waals surface area contributed by atoms with Crippen molar-refractivity contribution in [2.75, 3.05) is 26.3 Å². The number of aliphatic hydroxyl groups excluding tert-OH is 1. The van der Waals surface area contributed by atoms with Crippen LogP contribution in [0.25, 0.3) is 0 Å². The van der Waals surface area contributed by atoms with E-state index in [0.29, 0.717) is 30.8 Å². The van der Waals surface area contributed by atoms with E-state index in [9.17, 15) is 14.7 Å². The van der Waals surface area contributed by atoms with Gasteiger partial charge in [0.2, 0.25) is 0 Å². The van der Waals surface area contributed by atoms with Gasteiger partial charge in [-0.25, -0.2) is 0 Å². The summed E-state index contributed by atoms with van der Waals surface area (Å²) in [5, 5.41) is 9.74. The number of ether oxygens (including phenoxy) is 1. The van der Waals surface area contributed by atoms with Crippen LogP contribution in [-0.4, -0.2) is 48.1 Å².